The second kappa shape index (κ2) is 4.31. The SMILES string of the molecule is CC/C=C/c1ccc(C(F)(F)F)cc1. The van der Waals surface area contributed by atoms with Crippen molar-refractivity contribution >= 4 is 6.08 Å². The molecule has 0 saturated carbocycles. The number of alkyl halides is 3. The third-order valence-electron chi connectivity index (χ3n) is 1.78. The molecule has 1 aromatic carbocycles. The average Bonchev–Trinajstić information content (AvgIpc) is 2.14. The molecule has 0 spiro atoms. The normalized spacial score (nSPS) is 12.3. The first-order valence-corrected chi connectivity index (χ1v) is 4.38. The highest BCUT2D eigenvalue weighted by molar-refractivity contribution is 5.49. The van der Waals surface area contributed by atoms with E-state index in [1.165, 1.54) is 12.1 Å². The van der Waals surface area contributed by atoms with E-state index in [4.69, 9.17) is 0 Å². The summed E-state index contributed by atoms with van der Waals surface area (Å²) in [5.41, 5.74) is 0.186. The van der Waals surface area contributed by atoms with Crippen LogP contribution in [0.3, 0.4) is 0 Å². The maximum atomic E-state index is 12.2. The molecule has 0 fully saturated rings. The smallest absolute Gasteiger partial charge is 0.166 e. The van der Waals surface area contributed by atoms with Gasteiger partial charge in [0.1, 0.15) is 0 Å². The van der Waals surface area contributed by atoms with Crippen LogP contribution in [0.1, 0.15) is 24.5 Å². The van der Waals surface area contributed by atoms with Crippen molar-refractivity contribution in [3.8, 4) is 0 Å². The van der Waals surface area contributed by atoms with Gasteiger partial charge in [-0.25, -0.2) is 0 Å². The van der Waals surface area contributed by atoms with Crippen molar-refractivity contribution in [3.05, 3.63) is 41.5 Å². The second-order valence-electron chi connectivity index (χ2n) is 2.93. The highest BCUT2D eigenvalue weighted by Gasteiger charge is 2.29. The van der Waals surface area contributed by atoms with Gasteiger partial charge in [0.05, 0.1) is 5.56 Å². The van der Waals surface area contributed by atoms with Gasteiger partial charge < -0.3 is 0 Å². The molecule has 0 aromatic heterocycles. The van der Waals surface area contributed by atoms with Crippen LogP contribution in [0.2, 0.25) is 0 Å². The Morgan fingerprint density at radius 2 is 1.71 bits per heavy atom. The lowest BCUT2D eigenvalue weighted by atomic mass is 10.1. The van der Waals surface area contributed by atoms with Crippen molar-refractivity contribution in [2.45, 2.75) is 19.5 Å². The Balaban J connectivity index is 2.84. The van der Waals surface area contributed by atoms with Crippen LogP contribution in [-0.4, -0.2) is 0 Å². The van der Waals surface area contributed by atoms with Crippen LogP contribution in [0.5, 0.6) is 0 Å². The fraction of sp³-hybridized carbons (Fsp3) is 0.273. The Morgan fingerprint density at radius 1 is 1.14 bits per heavy atom. The molecule has 0 aliphatic rings. The average molecular weight is 200 g/mol. The number of rotatable bonds is 2. The summed E-state index contributed by atoms with van der Waals surface area (Å²) in [6.07, 6.45) is 0.344. The van der Waals surface area contributed by atoms with Gasteiger partial charge in [0, 0.05) is 0 Å². The Bertz CT molecular complexity index is 306. The van der Waals surface area contributed by atoms with Gasteiger partial charge in [0.25, 0.3) is 0 Å². The lowest BCUT2D eigenvalue weighted by Crippen LogP contribution is -2.03. The van der Waals surface area contributed by atoms with Crippen molar-refractivity contribution in [1.29, 1.82) is 0 Å². The first-order valence-electron chi connectivity index (χ1n) is 4.38. The Kier molecular flexibility index (Phi) is 3.33. The van der Waals surface area contributed by atoms with Gasteiger partial charge in [-0.1, -0.05) is 31.2 Å². The molecular formula is C11H11F3. The number of hydrogen-bond acceptors (Lipinski definition) is 0. The van der Waals surface area contributed by atoms with Crippen LogP contribution < -0.4 is 0 Å². The third kappa shape index (κ3) is 2.91. The monoisotopic (exact) mass is 200 g/mol. The molecule has 1 rings (SSSR count). The summed E-state index contributed by atoms with van der Waals surface area (Å²) in [5, 5.41) is 0. The molecule has 0 heterocycles. The summed E-state index contributed by atoms with van der Waals surface area (Å²) in [4.78, 5) is 0. The van der Waals surface area contributed by atoms with Gasteiger partial charge in [-0.2, -0.15) is 13.2 Å². The summed E-state index contributed by atoms with van der Waals surface area (Å²) in [5.74, 6) is 0. The van der Waals surface area contributed by atoms with Crippen molar-refractivity contribution < 1.29 is 13.2 Å². The van der Waals surface area contributed by atoms with Crippen LogP contribution >= 0.6 is 0 Å². The maximum Gasteiger partial charge on any atom is 0.416 e. The highest BCUT2D eigenvalue weighted by atomic mass is 19.4. The second-order valence-corrected chi connectivity index (χ2v) is 2.93. The fourth-order valence-electron chi connectivity index (χ4n) is 1.04. The van der Waals surface area contributed by atoms with Crippen LogP contribution in [-0.2, 0) is 6.18 Å². The van der Waals surface area contributed by atoms with E-state index in [0.29, 0.717) is 0 Å². The minimum absolute atomic E-state index is 0.605. The van der Waals surface area contributed by atoms with E-state index in [2.05, 4.69) is 0 Å². The van der Waals surface area contributed by atoms with E-state index in [-0.39, 0.29) is 0 Å². The summed E-state index contributed by atoms with van der Waals surface area (Å²) >= 11 is 0. The van der Waals surface area contributed by atoms with Crippen molar-refractivity contribution in [1.82, 2.24) is 0 Å². The number of halogens is 3. The largest absolute Gasteiger partial charge is 0.416 e. The van der Waals surface area contributed by atoms with Gasteiger partial charge in [-0.05, 0) is 24.1 Å². The van der Waals surface area contributed by atoms with E-state index < -0.39 is 11.7 Å². The Labute approximate surface area is 81.1 Å². The van der Waals surface area contributed by atoms with Crippen molar-refractivity contribution in [2.75, 3.05) is 0 Å². The quantitative estimate of drug-likeness (QED) is 0.673. The van der Waals surface area contributed by atoms with E-state index >= 15 is 0 Å². The van der Waals surface area contributed by atoms with E-state index in [9.17, 15) is 13.2 Å². The van der Waals surface area contributed by atoms with Crippen LogP contribution in [0.15, 0.2) is 30.3 Å². The molecule has 76 valence electrons. The lowest BCUT2D eigenvalue weighted by molar-refractivity contribution is -0.137. The first-order chi connectivity index (χ1) is 6.54. The third-order valence-corrected chi connectivity index (χ3v) is 1.78. The molecule has 0 amide bonds. The molecule has 14 heavy (non-hydrogen) atoms. The van der Waals surface area contributed by atoms with Crippen LogP contribution in [0.4, 0.5) is 13.2 Å². The molecule has 0 bridgehead atoms. The molecule has 1 aromatic rings. The predicted molar refractivity (Wildman–Crippen MR) is 50.8 cm³/mol. The lowest BCUT2D eigenvalue weighted by Gasteiger charge is -2.05. The molecule has 0 aliphatic heterocycles. The summed E-state index contributed by atoms with van der Waals surface area (Å²) in [6.45, 7) is 1.97. The maximum absolute atomic E-state index is 12.2. The molecule has 0 atom stereocenters. The molecule has 0 saturated heterocycles. The van der Waals surface area contributed by atoms with E-state index in [1.807, 2.05) is 13.0 Å². The molecule has 0 unspecified atom stereocenters. The topological polar surface area (TPSA) is 0 Å². The van der Waals surface area contributed by atoms with Crippen LogP contribution in [0.25, 0.3) is 6.08 Å². The van der Waals surface area contributed by atoms with Crippen molar-refractivity contribution in [3.63, 3.8) is 0 Å². The molecule has 0 aliphatic carbocycles. The van der Waals surface area contributed by atoms with Crippen molar-refractivity contribution in [2.24, 2.45) is 0 Å². The van der Waals surface area contributed by atoms with Gasteiger partial charge in [-0.15, -0.1) is 0 Å². The minimum atomic E-state index is -4.24. The minimum Gasteiger partial charge on any atom is -0.166 e. The number of allylic oxidation sites excluding steroid dienone is 1. The zero-order valence-corrected chi connectivity index (χ0v) is 7.81. The van der Waals surface area contributed by atoms with E-state index in [1.54, 1.807) is 6.08 Å². The molecule has 3 heteroatoms. The predicted octanol–water partition coefficient (Wildman–Crippen LogP) is 4.13. The zero-order chi connectivity index (χ0) is 10.6. The molecular weight excluding hydrogens is 189 g/mol. The molecule has 0 nitrogen and oxygen atoms in total. The molecule has 0 radical (unpaired) electrons. The Hall–Kier alpha value is -1.25. The zero-order valence-electron chi connectivity index (χ0n) is 7.81. The van der Waals surface area contributed by atoms with Gasteiger partial charge in [-0.3, -0.25) is 0 Å². The van der Waals surface area contributed by atoms with E-state index in [0.717, 1.165) is 24.1 Å². The summed E-state index contributed by atoms with van der Waals surface area (Å²) < 4.78 is 36.5. The summed E-state index contributed by atoms with van der Waals surface area (Å²) in [7, 11) is 0. The standard InChI is InChI=1S/C11H11F3/c1-2-3-4-9-5-7-10(8-6-9)11(12,13)14/h3-8H,2H2,1H3/b4-3+. The van der Waals surface area contributed by atoms with Gasteiger partial charge in [0.15, 0.2) is 0 Å². The highest BCUT2D eigenvalue weighted by Crippen LogP contribution is 2.29. The summed E-state index contributed by atoms with van der Waals surface area (Å²) in [6, 6.07) is 5.12. The fourth-order valence-corrected chi connectivity index (χ4v) is 1.04. The van der Waals surface area contributed by atoms with Crippen LogP contribution in [0, 0.1) is 0 Å². The molecule has 0 N–H and O–H groups in total. The number of hydrogen-bond donors (Lipinski definition) is 0. The first kappa shape index (κ1) is 10.8. The number of benzene rings is 1. The van der Waals surface area contributed by atoms with Gasteiger partial charge in [0.2, 0.25) is 0 Å². The Morgan fingerprint density at radius 3 is 2.14 bits per heavy atom. The van der Waals surface area contributed by atoms with Gasteiger partial charge >= 0.3 is 6.18 Å².